The van der Waals surface area contributed by atoms with Crippen LogP contribution in [0.2, 0.25) is 0 Å². The molecule has 0 amide bonds. The molecule has 0 radical (unpaired) electrons. The quantitative estimate of drug-likeness (QED) is 0.264. The summed E-state index contributed by atoms with van der Waals surface area (Å²) >= 11 is 0. The minimum Gasteiger partial charge on any atom is -0.496 e. The Balaban J connectivity index is 4.29. The number of rotatable bonds is 10. The molecule has 0 aromatic carbocycles. The molecular weight excluding hydrogens is 248 g/mol. The molecule has 2 unspecified atom stereocenters. The molecule has 0 rings (SSSR count). The van der Waals surface area contributed by atoms with Crippen molar-refractivity contribution in [2.75, 3.05) is 19.8 Å². The average Bonchev–Trinajstić information content (AvgIpc) is 2.33. The second kappa shape index (κ2) is 8.72. The number of hydrogen-bond donors (Lipinski definition) is 0. The van der Waals surface area contributed by atoms with Crippen molar-refractivity contribution in [2.24, 2.45) is 0 Å². The van der Waals surface area contributed by atoms with E-state index in [4.69, 9.17) is 18.9 Å². The summed E-state index contributed by atoms with van der Waals surface area (Å²) in [6.45, 7) is 14.8. The summed E-state index contributed by atoms with van der Waals surface area (Å²) in [5.74, 6) is -1.34. The van der Waals surface area contributed by atoms with Crippen LogP contribution in [0.5, 0.6) is 0 Å². The summed E-state index contributed by atoms with van der Waals surface area (Å²) < 4.78 is 21.3. The van der Waals surface area contributed by atoms with E-state index < -0.39 is 11.8 Å². The molecule has 5 heteroatoms. The topological polar surface area (TPSA) is 54.0 Å². The Bertz CT molecular complexity index is 313. The molecule has 5 nitrogen and oxygen atoms in total. The number of esters is 1. The first-order valence-electron chi connectivity index (χ1n) is 6.21. The second-order valence-corrected chi connectivity index (χ2v) is 4.35. The van der Waals surface area contributed by atoms with Crippen LogP contribution in [-0.4, -0.2) is 37.7 Å². The molecule has 0 aromatic rings. The lowest BCUT2D eigenvalue weighted by molar-refractivity contribution is -0.264. The normalized spacial score (nSPS) is 15.2. The van der Waals surface area contributed by atoms with E-state index in [0.717, 1.165) is 0 Å². The van der Waals surface area contributed by atoms with Gasteiger partial charge in [0, 0.05) is 12.2 Å². The first-order valence-corrected chi connectivity index (χ1v) is 6.21. The van der Waals surface area contributed by atoms with E-state index >= 15 is 0 Å². The lowest BCUT2D eigenvalue weighted by atomic mass is 10.3. The minimum absolute atomic E-state index is 0.127. The Morgan fingerprint density at radius 1 is 1.47 bits per heavy atom. The maximum atomic E-state index is 11.3. The van der Waals surface area contributed by atoms with E-state index in [1.54, 1.807) is 20.8 Å². The van der Waals surface area contributed by atoms with E-state index in [1.807, 2.05) is 6.92 Å². The molecule has 0 aliphatic heterocycles. The SMILES string of the molecule is C=COCC(C)(OCC)OC(C)COC(=O)C(=C)C. The smallest absolute Gasteiger partial charge is 0.333 e. The highest BCUT2D eigenvalue weighted by atomic mass is 16.7. The van der Waals surface area contributed by atoms with E-state index in [-0.39, 0.29) is 19.3 Å². The van der Waals surface area contributed by atoms with Gasteiger partial charge < -0.3 is 18.9 Å². The van der Waals surface area contributed by atoms with Gasteiger partial charge in [-0.05, 0) is 27.7 Å². The molecule has 110 valence electrons. The van der Waals surface area contributed by atoms with Crippen molar-refractivity contribution in [1.29, 1.82) is 0 Å². The number of ether oxygens (including phenoxy) is 4. The van der Waals surface area contributed by atoms with Gasteiger partial charge in [-0.25, -0.2) is 4.79 Å². The zero-order valence-electron chi connectivity index (χ0n) is 12.2. The molecule has 0 N–H and O–H groups in total. The van der Waals surface area contributed by atoms with Gasteiger partial charge in [-0.3, -0.25) is 0 Å². The summed E-state index contributed by atoms with van der Waals surface area (Å²) in [4.78, 5) is 11.3. The van der Waals surface area contributed by atoms with Gasteiger partial charge in [-0.1, -0.05) is 13.2 Å². The van der Waals surface area contributed by atoms with Gasteiger partial charge >= 0.3 is 5.97 Å². The van der Waals surface area contributed by atoms with E-state index in [2.05, 4.69) is 13.2 Å². The van der Waals surface area contributed by atoms with Crippen molar-refractivity contribution >= 4 is 5.97 Å². The second-order valence-electron chi connectivity index (χ2n) is 4.35. The van der Waals surface area contributed by atoms with Gasteiger partial charge in [-0.2, -0.15) is 0 Å². The maximum Gasteiger partial charge on any atom is 0.333 e. The Labute approximate surface area is 115 Å². The molecule has 0 heterocycles. The summed E-state index contributed by atoms with van der Waals surface area (Å²) in [7, 11) is 0. The van der Waals surface area contributed by atoms with Gasteiger partial charge in [-0.15, -0.1) is 0 Å². The van der Waals surface area contributed by atoms with Crippen molar-refractivity contribution in [2.45, 2.75) is 39.6 Å². The van der Waals surface area contributed by atoms with Crippen molar-refractivity contribution in [3.8, 4) is 0 Å². The van der Waals surface area contributed by atoms with Gasteiger partial charge in [0.15, 0.2) is 5.79 Å². The summed E-state index contributed by atoms with van der Waals surface area (Å²) in [5, 5.41) is 0. The summed E-state index contributed by atoms with van der Waals surface area (Å²) in [5.41, 5.74) is 0.356. The van der Waals surface area contributed by atoms with Crippen molar-refractivity contribution in [3.63, 3.8) is 0 Å². The molecule has 0 aromatic heterocycles. The largest absolute Gasteiger partial charge is 0.496 e. The van der Waals surface area contributed by atoms with Crippen LogP contribution in [0.4, 0.5) is 0 Å². The Hall–Kier alpha value is -1.33. The molecule has 19 heavy (non-hydrogen) atoms. The zero-order chi connectivity index (χ0) is 14.9. The van der Waals surface area contributed by atoms with Gasteiger partial charge in [0.2, 0.25) is 0 Å². The van der Waals surface area contributed by atoms with Crippen molar-refractivity contribution in [3.05, 3.63) is 25.0 Å². The summed E-state index contributed by atoms with van der Waals surface area (Å²) in [6.07, 6.45) is 1.00. The highest BCUT2D eigenvalue weighted by Gasteiger charge is 2.29. The van der Waals surface area contributed by atoms with Gasteiger partial charge in [0.05, 0.1) is 12.4 Å². The van der Waals surface area contributed by atoms with E-state index in [9.17, 15) is 4.79 Å². The molecule has 0 bridgehead atoms. The third kappa shape index (κ3) is 7.64. The van der Waals surface area contributed by atoms with Crippen molar-refractivity contribution in [1.82, 2.24) is 0 Å². The highest BCUT2D eigenvalue weighted by Crippen LogP contribution is 2.16. The molecule has 0 spiro atoms. The van der Waals surface area contributed by atoms with Crippen molar-refractivity contribution < 1.29 is 23.7 Å². The number of carbonyl (C=O) groups is 1. The third-order valence-electron chi connectivity index (χ3n) is 2.16. The standard InChI is InChI=1S/C14H24O5/c1-7-16-10-14(6,18-8-2)19-12(5)9-17-13(15)11(3)4/h7,12H,1,3,8-10H2,2,4-6H3. The van der Waals surface area contributed by atoms with Crippen LogP contribution in [-0.2, 0) is 23.7 Å². The fourth-order valence-corrected chi connectivity index (χ4v) is 1.40. The van der Waals surface area contributed by atoms with Crippen LogP contribution in [0, 0.1) is 0 Å². The predicted molar refractivity (Wildman–Crippen MR) is 72.5 cm³/mol. The molecule has 0 aliphatic rings. The molecule has 0 aliphatic carbocycles. The van der Waals surface area contributed by atoms with Crippen LogP contribution >= 0.6 is 0 Å². The van der Waals surface area contributed by atoms with E-state index in [0.29, 0.717) is 12.2 Å². The lowest BCUT2D eigenvalue weighted by Crippen LogP contribution is -2.41. The van der Waals surface area contributed by atoms with E-state index in [1.165, 1.54) is 6.26 Å². The lowest BCUT2D eigenvalue weighted by Gasteiger charge is -2.31. The highest BCUT2D eigenvalue weighted by molar-refractivity contribution is 5.86. The maximum absolute atomic E-state index is 11.3. The average molecular weight is 272 g/mol. The Morgan fingerprint density at radius 2 is 2.11 bits per heavy atom. The van der Waals surface area contributed by atoms with Crippen LogP contribution in [0.25, 0.3) is 0 Å². The molecule has 0 saturated heterocycles. The summed E-state index contributed by atoms with van der Waals surface area (Å²) in [6, 6.07) is 0. The fraction of sp³-hybridized carbons (Fsp3) is 0.643. The zero-order valence-corrected chi connectivity index (χ0v) is 12.2. The van der Waals surface area contributed by atoms with Crippen LogP contribution in [0.1, 0.15) is 27.7 Å². The monoisotopic (exact) mass is 272 g/mol. The van der Waals surface area contributed by atoms with Crippen LogP contribution < -0.4 is 0 Å². The molecule has 0 saturated carbocycles. The predicted octanol–water partition coefficient (Wildman–Crippen LogP) is 2.42. The Kier molecular flexibility index (Phi) is 8.11. The van der Waals surface area contributed by atoms with Gasteiger partial charge in [0.1, 0.15) is 13.2 Å². The minimum atomic E-state index is -0.905. The van der Waals surface area contributed by atoms with Gasteiger partial charge in [0.25, 0.3) is 0 Å². The van der Waals surface area contributed by atoms with Crippen LogP contribution in [0.3, 0.4) is 0 Å². The first-order chi connectivity index (χ1) is 8.84. The third-order valence-corrected chi connectivity index (χ3v) is 2.16. The fourth-order valence-electron chi connectivity index (χ4n) is 1.40. The first kappa shape index (κ1) is 17.7. The Morgan fingerprint density at radius 3 is 2.58 bits per heavy atom. The van der Waals surface area contributed by atoms with Crippen LogP contribution in [0.15, 0.2) is 25.0 Å². The molecule has 0 fully saturated rings. The number of hydrogen-bond acceptors (Lipinski definition) is 5. The molecular formula is C14H24O5. The molecule has 2 atom stereocenters. The number of carbonyl (C=O) groups excluding carboxylic acids is 1.